The SMILES string of the molecule is Cc1c(CS(C)(=O)=O)cccc1NC(=O)CCc1ccccc1N. The number of hydrogen-bond acceptors (Lipinski definition) is 4. The summed E-state index contributed by atoms with van der Waals surface area (Å²) in [6.45, 7) is 1.81. The number of carbonyl (C=O) groups is 1. The van der Waals surface area contributed by atoms with Crippen molar-refractivity contribution < 1.29 is 13.2 Å². The monoisotopic (exact) mass is 346 g/mol. The van der Waals surface area contributed by atoms with E-state index in [9.17, 15) is 13.2 Å². The third kappa shape index (κ3) is 5.09. The molecular weight excluding hydrogens is 324 g/mol. The standard InChI is InChI=1S/C18H22N2O3S/c1-13-15(12-24(2,22)23)7-5-9-17(13)20-18(21)11-10-14-6-3-4-8-16(14)19/h3-9H,10-12,19H2,1-2H3,(H,20,21). The zero-order valence-corrected chi connectivity index (χ0v) is 14.7. The lowest BCUT2D eigenvalue weighted by Gasteiger charge is -2.12. The summed E-state index contributed by atoms with van der Waals surface area (Å²) in [7, 11) is -3.12. The van der Waals surface area contributed by atoms with E-state index in [1.807, 2.05) is 31.2 Å². The quantitative estimate of drug-likeness (QED) is 0.787. The first kappa shape index (κ1) is 18.0. The highest BCUT2D eigenvalue weighted by Crippen LogP contribution is 2.21. The Kier molecular flexibility index (Phi) is 5.62. The van der Waals surface area contributed by atoms with Crippen molar-refractivity contribution in [2.24, 2.45) is 0 Å². The summed E-state index contributed by atoms with van der Waals surface area (Å²) in [6, 6.07) is 12.7. The summed E-state index contributed by atoms with van der Waals surface area (Å²) in [4.78, 5) is 12.2. The highest BCUT2D eigenvalue weighted by atomic mass is 32.2. The van der Waals surface area contributed by atoms with Crippen molar-refractivity contribution in [3.8, 4) is 0 Å². The second kappa shape index (κ2) is 7.49. The third-order valence-corrected chi connectivity index (χ3v) is 4.65. The van der Waals surface area contributed by atoms with Crippen LogP contribution in [-0.2, 0) is 26.8 Å². The summed E-state index contributed by atoms with van der Waals surface area (Å²) < 4.78 is 23.0. The summed E-state index contributed by atoms with van der Waals surface area (Å²) in [5, 5.41) is 2.85. The lowest BCUT2D eigenvalue weighted by atomic mass is 10.1. The van der Waals surface area contributed by atoms with Crippen LogP contribution in [0, 0.1) is 6.92 Å². The highest BCUT2D eigenvalue weighted by Gasteiger charge is 2.12. The summed E-state index contributed by atoms with van der Waals surface area (Å²) >= 11 is 0. The predicted molar refractivity (Wildman–Crippen MR) is 97.5 cm³/mol. The van der Waals surface area contributed by atoms with E-state index in [0.717, 1.165) is 11.1 Å². The molecule has 0 fully saturated rings. The maximum absolute atomic E-state index is 12.2. The molecular formula is C18H22N2O3S. The van der Waals surface area contributed by atoms with Crippen molar-refractivity contribution in [1.82, 2.24) is 0 Å². The highest BCUT2D eigenvalue weighted by molar-refractivity contribution is 7.89. The van der Waals surface area contributed by atoms with E-state index >= 15 is 0 Å². The summed E-state index contributed by atoms with van der Waals surface area (Å²) in [5.41, 5.74) is 9.60. The number of benzene rings is 2. The maximum atomic E-state index is 12.2. The van der Waals surface area contributed by atoms with Gasteiger partial charge in [-0.25, -0.2) is 8.42 Å². The molecule has 0 aliphatic heterocycles. The van der Waals surface area contributed by atoms with Gasteiger partial charge in [0.05, 0.1) is 5.75 Å². The third-order valence-electron chi connectivity index (χ3n) is 3.81. The molecule has 0 aliphatic rings. The molecule has 2 aromatic rings. The fraction of sp³-hybridized carbons (Fsp3) is 0.278. The van der Waals surface area contributed by atoms with Gasteiger partial charge in [-0.1, -0.05) is 30.3 Å². The largest absolute Gasteiger partial charge is 0.399 e. The van der Waals surface area contributed by atoms with E-state index in [4.69, 9.17) is 5.73 Å². The van der Waals surface area contributed by atoms with Crippen LogP contribution in [-0.4, -0.2) is 20.6 Å². The van der Waals surface area contributed by atoms with Gasteiger partial charge in [0, 0.05) is 24.1 Å². The van der Waals surface area contributed by atoms with Gasteiger partial charge in [-0.3, -0.25) is 4.79 Å². The van der Waals surface area contributed by atoms with E-state index in [2.05, 4.69) is 5.32 Å². The first-order chi connectivity index (χ1) is 11.3. The number of aryl methyl sites for hydroxylation is 1. The van der Waals surface area contributed by atoms with Gasteiger partial charge in [0.25, 0.3) is 0 Å². The van der Waals surface area contributed by atoms with Gasteiger partial charge in [-0.2, -0.15) is 0 Å². The van der Waals surface area contributed by atoms with Gasteiger partial charge < -0.3 is 11.1 Å². The lowest BCUT2D eigenvalue weighted by molar-refractivity contribution is -0.116. The molecule has 0 saturated carbocycles. The number of amides is 1. The molecule has 6 heteroatoms. The molecule has 128 valence electrons. The molecule has 0 atom stereocenters. The molecule has 24 heavy (non-hydrogen) atoms. The van der Waals surface area contributed by atoms with Crippen molar-refractivity contribution in [1.29, 1.82) is 0 Å². The lowest BCUT2D eigenvalue weighted by Crippen LogP contribution is -2.14. The van der Waals surface area contributed by atoms with Crippen LogP contribution in [0.1, 0.15) is 23.1 Å². The number of nitrogen functional groups attached to an aromatic ring is 1. The smallest absolute Gasteiger partial charge is 0.224 e. The Morgan fingerprint density at radius 2 is 1.75 bits per heavy atom. The molecule has 0 radical (unpaired) electrons. The first-order valence-corrected chi connectivity index (χ1v) is 9.72. The molecule has 2 rings (SSSR count). The zero-order chi connectivity index (χ0) is 17.7. The maximum Gasteiger partial charge on any atom is 0.224 e. The minimum Gasteiger partial charge on any atom is -0.399 e. The Bertz CT molecular complexity index is 845. The van der Waals surface area contributed by atoms with Crippen molar-refractivity contribution in [2.75, 3.05) is 17.3 Å². The van der Waals surface area contributed by atoms with E-state index in [0.29, 0.717) is 29.8 Å². The number of para-hydroxylation sites is 1. The molecule has 2 aromatic carbocycles. The second-order valence-corrected chi connectivity index (χ2v) is 8.05. The van der Waals surface area contributed by atoms with Gasteiger partial charge in [0.15, 0.2) is 9.84 Å². The van der Waals surface area contributed by atoms with Crippen molar-refractivity contribution >= 4 is 27.1 Å². The van der Waals surface area contributed by atoms with E-state index < -0.39 is 9.84 Å². The van der Waals surface area contributed by atoms with Crippen LogP contribution in [0.15, 0.2) is 42.5 Å². The summed E-state index contributed by atoms with van der Waals surface area (Å²) in [5.74, 6) is -0.166. The normalized spacial score (nSPS) is 11.2. The van der Waals surface area contributed by atoms with Gasteiger partial charge in [0.2, 0.25) is 5.91 Å². The molecule has 0 aliphatic carbocycles. The molecule has 0 unspecified atom stereocenters. The first-order valence-electron chi connectivity index (χ1n) is 7.66. The summed E-state index contributed by atoms with van der Waals surface area (Å²) in [6.07, 6.45) is 2.06. The average molecular weight is 346 g/mol. The minimum atomic E-state index is -3.12. The molecule has 1 amide bonds. The van der Waals surface area contributed by atoms with Crippen LogP contribution in [0.4, 0.5) is 11.4 Å². The van der Waals surface area contributed by atoms with E-state index in [1.165, 1.54) is 6.26 Å². The number of sulfone groups is 1. The zero-order valence-electron chi connectivity index (χ0n) is 13.9. The molecule has 5 nitrogen and oxygen atoms in total. The second-order valence-electron chi connectivity index (χ2n) is 5.91. The molecule has 0 aromatic heterocycles. The van der Waals surface area contributed by atoms with Crippen LogP contribution < -0.4 is 11.1 Å². The number of nitrogens with one attached hydrogen (secondary N) is 1. The van der Waals surface area contributed by atoms with Crippen molar-refractivity contribution in [2.45, 2.75) is 25.5 Å². The average Bonchev–Trinajstić information content (AvgIpc) is 2.49. The molecule has 0 heterocycles. The Morgan fingerprint density at radius 3 is 2.42 bits per heavy atom. The van der Waals surface area contributed by atoms with Gasteiger partial charge in [-0.05, 0) is 42.2 Å². The van der Waals surface area contributed by atoms with E-state index in [-0.39, 0.29) is 11.7 Å². The topological polar surface area (TPSA) is 89.3 Å². The van der Waals surface area contributed by atoms with Crippen LogP contribution in [0.25, 0.3) is 0 Å². The van der Waals surface area contributed by atoms with E-state index in [1.54, 1.807) is 18.2 Å². The van der Waals surface area contributed by atoms with Crippen LogP contribution in [0.3, 0.4) is 0 Å². The molecule has 3 N–H and O–H groups in total. The van der Waals surface area contributed by atoms with Crippen LogP contribution in [0.5, 0.6) is 0 Å². The van der Waals surface area contributed by atoms with Crippen LogP contribution in [0.2, 0.25) is 0 Å². The Morgan fingerprint density at radius 1 is 1.08 bits per heavy atom. The molecule has 0 saturated heterocycles. The van der Waals surface area contributed by atoms with Gasteiger partial charge >= 0.3 is 0 Å². The number of hydrogen-bond donors (Lipinski definition) is 2. The number of rotatable bonds is 6. The fourth-order valence-electron chi connectivity index (χ4n) is 2.48. The van der Waals surface area contributed by atoms with Crippen molar-refractivity contribution in [3.05, 3.63) is 59.2 Å². The molecule has 0 spiro atoms. The molecule has 0 bridgehead atoms. The number of nitrogens with two attached hydrogens (primary N) is 1. The predicted octanol–water partition coefficient (Wildman–Crippen LogP) is 2.69. The van der Waals surface area contributed by atoms with Gasteiger partial charge in [-0.15, -0.1) is 0 Å². The number of anilines is 2. The number of carbonyl (C=O) groups excluding carboxylic acids is 1. The fourth-order valence-corrected chi connectivity index (χ4v) is 3.36. The Balaban J connectivity index is 2.04. The van der Waals surface area contributed by atoms with Crippen LogP contribution >= 0.6 is 0 Å². The van der Waals surface area contributed by atoms with Crippen molar-refractivity contribution in [3.63, 3.8) is 0 Å². The Labute approximate surface area is 142 Å². The minimum absolute atomic E-state index is 0.0386. The van der Waals surface area contributed by atoms with Gasteiger partial charge in [0.1, 0.15) is 0 Å². The Hall–Kier alpha value is -2.34.